The molecule has 0 spiro atoms. The molecule has 0 radical (unpaired) electrons. The summed E-state index contributed by atoms with van der Waals surface area (Å²) < 4.78 is 39.3. The van der Waals surface area contributed by atoms with Crippen LogP contribution in [0.1, 0.15) is 25.7 Å². The Labute approximate surface area is 127 Å². The van der Waals surface area contributed by atoms with E-state index >= 15 is 0 Å². The highest BCUT2D eigenvalue weighted by molar-refractivity contribution is 7.89. The summed E-state index contributed by atoms with van der Waals surface area (Å²) in [5, 5.41) is 8.65. The van der Waals surface area contributed by atoms with Crippen molar-refractivity contribution in [1.29, 1.82) is 0 Å². The van der Waals surface area contributed by atoms with Gasteiger partial charge >= 0.3 is 5.97 Å². The van der Waals surface area contributed by atoms with Gasteiger partial charge in [0.2, 0.25) is 10.0 Å². The van der Waals surface area contributed by atoms with Crippen molar-refractivity contribution < 1.29 is 22.7 Å². The minimum absolute atomic E-state index is 0.193. The number of sulfonamides is 1. The van der Waals surface area contributed by atoms with Gasteiger partial charge in [0, 0.05) is 6.04 Å². The zero-order valence-corrected chi connectivity index (χ0v) is 12.7. The van der Waals surface area contributed by atoms with E-state index in [9.17, 15) is 17.6 Å². The van der Waals surface area contributed by atoms with Crippen LogP contribution in [-0.4, -0.2) is 36.4 Å². The van der Waals surface area contributed by atoms with Gasteiger partial charge in [0.05, 0.1) is 9.92 Å². The van der Waals surface area contributed by atoms with Crippen molar-refractivity contribution in [2.45, 2.75) is 36.6 Å². The Balaban J connectivity index is 2.40. The molecule has 1 fully saturated rings. The summed E-state index contributed by atoms with van der Waals surface area (Å²) in [5.74, 6) is -1.94. The van der Waals surface area contributed by atoms with Crippen molar-refractivity contribution in [2.24, 2.45) is 0 Å². The van der Waals surface area contributed by atoms with E-state index in [0.29, 0.717) is 12.8 Å². The fraction of sp³-hybridized carbons (Fsp3) is 0.462. The van der Waals surface area contributed by atoms with Gasteiger partial charge in [0.1, 0.15) is 12.4 Å². The summed E-state index contributed by atoms with van der Waals surface area (Å²) in [6.07, 6.45) is 2.98. The number of nitrogens with zero attached hydrogens (tertiary/aromatic N) is 1. The Morgan fingerprint density at radius 1 is 1.38 bits per heavy atom. The number of aliphatic carboxylic acids is 1. The van der Waals surface area contributed by atoms with Crippen molar-refractivity contribution in [3.05, 3.63) is 29.0 Å². The smallest absolute Gasteiger partial charge is 0.318 e. The maximum Gasteiger partial charge on any atom is 0.318 e. The molecular weight excluding hydrogens is 321 g/mol. The van der Waals surface area contributed by atoms with E-state index in [1.165, 1.54) is 0 Å². The van der Waals surface area contributed by atoms with Gasteiger partial charge in [-0.05, 0) is 31.0 Å². The molecule has 0 atom stereocenters. The van der Waals surface area contributed by atoms with Crippen molar-refractivity contribution in [3.63, 3.8) is 0 Å². The first-order valence-corrected chi connectivity index (χ1v) is 8.33. The maximum atomic E-state index is 13.2. The third-order valence-electron chi connectivity index (χ3n) is 3.52. The summed E-state index contributed by atoms with van der Waals surface area (Å²) in [6.45, 7) is -0.609. The summed E-state index contributed by atoms with van der Waals surface area (Å²) in [5.41, 5.74) is 0. The van der Waals surface area contributed by atoms with Crippen LogP contribution in [-0.2, 0) is 14.8 Å². The summed E-state index contributed by atoms with van der Waals surface area (Å²) in [7, 11) is -4.02. The van der Waals surface area contributed by atoms with Crippen LogP contribution in [0, 0.1) is 5.82 Å². The number of hydrogen-bond donors (Lipinski definition) is 1. The highest BCUT2D eigenvalue weighted by atomic mass is 35.5. The van der Waals surface area contributed by atoms with Gasteiger partial charge < -0.3 is 5.11 Å². The zero-order chi connectivity index (χ0) is 15.6. The average molecular weight is 336 g/mol. The number of carbonyl (C=O) groups is 1. The molecule has 0 saturated heterocycles. The lowest BCUT2D eigenvalue weighted by Crippen LogP contribution is -2.42. The first-order valence-electron chi connectivity index (χ1n) is 6.51. The Kier molecular flexibility index (Phi) is 4.85. The lowest BCUT2D eigenvalue weighted by molar-refractivity contribution is -0.137. The van der Waals surface area contributed by atoms with E-state index in [0.717, 1.165) is 35.3 Å². The lowest BCUT2D eigenvalue weighted by Gasteiger charge is -2.26. The number of halogens is 2. The Morgan fingerprint density at radius 3 is 2.52 bits per heavy atom. The van der Waals surface area contributed by atoms with Gasteiger partial charge in [-0.3, -0.25) is 4.79 Å². The Hall–Kier alpha value is -1.18. The highest BCUT2D eigenvalue weighted by Gasteiger charge is 2.35. The average Bonchev–Trinajstić information content (AvgIpc) is 2.92. The number of benzene rings is 1. The second-order valence-electron chi connectivity index (χ2n) is 4.96. The van der Waals surface area contributed by atoms with Crippen molar-refractivity contribution >= 4 is 27.6 Å². The lowest BCUT2D eigenvalue weighted by atomic mass is 10.2. The van der Waals surface area contributed by atoms with E-state index in [1.807, 2.05) is 0 Å². The van der Waals surface area contributed by atoms with Crippen LogP contribution in [0.25, 0.3) is 0 Å². The van der Waals surface area contributed by atoms with Crippen LogP contribution in [0.5, 0.6) is 0 Å². The maximum absolute atomic E-state index is 13.2. The number of rotatable bonds is 5. The van der Waals surface area contributed by atoms with E-state index in [1.54, 1.807) is 0 Å². The van der Waals surface area contributed by atoms with E-state index in [2.05, 4.69) is 0 Å². The summed E-state index contributed by atoms with van der Waals surface area (Å²) >= 11 is 5.62. The molecule has 0 aromatic heterocycles. The molecule has 0 aliphatic heterocycles. The van der Waals surface area contributed by atoms with E-state index in [-0.39, 0.29) is 16.0 Å². The second kappa shape index (κ2) is 6.29. The van der Waals surface area contributed by atoms with Crippen LogP contribution in [0.3, 0.4) is 0 Å². The van der Waals surface area contributed by atoms with Gasteiger partial charge in [-0.25, -0.2) is 12.8 Å². The fourth-order valence-electron chi connectivity index (χ4n) is 2.51. The zero-order valence-electron chi connectivity index (χ0n) is 11.1. The number of carboxylic acids is 1. The molecule has 2 rings (SSSR count). The number of hydrogen-bond acceptors (Lipinski definition) is 3. The van der Waals surface area contributed by atoms with Gasteiger partial charge in [-0.1, -0.05) is 24.4 Å². The summed E-state index contributed by atoms with van der Waals surface area (Å²) in [4.78, 5) is 10.8. The first kappa shape index (κ1) is 16.2. The van der Waals surface area contributed by atoms with Crippen LogP contribution in [0.4, 0.5) is 4.39 Å². The molecule has 21 heavy (non-hydrogen) atoms. The highest BCUT2D eigenvalue weighted by Crippen LogP contribution is 2.29. The van der Waals surface area contributed by atoms with Gasteiger partial charge in [-0.2, -0.15) is 4.31 Å². The predicted octanol–water partition coefficient (Wildman–Crippen LogP) is 2.50. The third-order valence-corrected chi connectivity index (χ3v) is 5.70. The molecule has 1 aromatic carbocycles. The van der Waals surface area contributed by atoms with E-state index < -0.39 is 28.4 Å². The molecule has 1 aliphatic carbocycles. The molecule has 1 saturated carbocycles. The minimum Gasteiger partial charge on any atom is -0.480 e. The molecule has 0 bridgehead atoms. The van der Waals surface area contributed by atoms with Crippen LogP contribution < -0.4 is 0 Å². The molecule has 8 heteroatoms. The first-order chi connectivity index (χ1) is 9.82. The minimum atomic E-state index is -4.02. The largest absolute Gasteiger partial charge is 0.480 e. The second-order valence-corrected chi connectivity index (χ2v) is 7.26. The monoisotopic (exact) mass is 335 g/mol. The number of carboxylic acid groups (broad SMARTS) is 1. The Bertz CT molecular complexity index is 644. The van der Waals surface area contributed by atoms with Crippen LogP contribution >= 0.6 is 11.6 Å². The van der Waals surface area contributed by atoms with Gasteiger partial charge in [0.15, 0.2) is 0 Å². The molecular formula is C13H15ClFNO4S. The molecule has 0 amide bonds. The molecule has 0 heterocycles. The molecule has 0 unspecified atom stereocenters. The SMILES string of the molecule is O=C(O)CN(C1CCCC1)S(=O)(=O)c1ccc(F)c(Cl)c1. The van der Waals surface area contributed by atoms with Crippen molar-refractivity contribution in [3.8, 4) is 0 Å². The predicted molar refractivity (Wildman–Crippen MR) is 75.2 cm³/mol. The van der Waals surface area contributed by atoms with Crippen molar-refractivity contribution in [2.75, 3.05) is 6.54 Å². The summed E-state index contributed by atoms with van der Waals surface area (Å²) in [6, 6.07) is 2.73. The standard InChI is InChI=1S/C13H15ClFNO4S/c14-11-7-10(5-6-12(11)15)21(19,20)16(8-13(17)18)9-3-1-2-4-9/h5-7,9H,1-4,8H2,(H,17,18). The molecule has 5 nitrogen and oxygen atoms in total. The van der Waals surface area contributed by atoms with E-state index in [4.69, 9.17) is 16.7 Å². The van der Waals surface area contributed by atoms with Gasteiger partial charge in [0.25, 0.3) is 0 Å². The molecule has 1 N–H and O–H groups in total. The third kappa shape index (κ3) is 3.53. The quantitative estimate of drug-likeness (QED) is 0.897. The molecule has 116 valence electrons. The Morgan fingerprint density at radius 2 is 2.00 bits per heavy atom. The fourth-order valence-corrected chi connectivity index (χ4v) is 4.42. The molecule has 1 aliphatic rings. The topological polar surface area (TPSA) is 74.7 Å². The van der Waals surface area contributed by atoms with Crippen LogP contribution in [0.15, 0.2) is 23.1 Å². The molecule has 1 aromatic rings. The van der Waals surface area contributed by atoms with Crippen LogP contribution in [0.2, 0.25) is 5.02 Å². The van der Waals surface area contributed by atoms with Gasteiger partial charge in [-0.15, -0.1) is 0 Å². The normalized spacial score (nSPS) is 16.5. The van der Waals surface area contributed by atoms with Crippen molar-refractivity contribution in [1.82, 2.24) is 4.31 Å².